The molecule has 0 aliphatic heterocycles. The molecule has 0 radical (unpaired) electrons. The van der Waals surface area contributed by atoms with Gasteiger partial charge in [-0.15, -0.1) is 0 Å². The Balaban J connectivity index is 2.90. The summed E-state index contributed by atoms with van der Waals surface area (Å²) in [5.74, 6) is 0. The Morgan fingerprint density at radius 3 is 2.58 bits per heavy atom. The first-order valence-corrected chi connectivity index (χ1v) is 5.80. The van der Waals surface area contributed by atoms with E-state index in [0.29, 0.717) is 6.79 Å². The minimum absolute atomic E-state index is 0.427. The highest BCUT2D eigenvalue weighted by atomic mass is 127. The average Bonchev–Trinajstić information content (AvgIpc) is 2.10. The fourth-order valence-corrected chi connectivity index (χ4v) is 1.01. The van der Waals surface area contributed by atoms with Crippen LogP contribution in [0.3, 0.4) is 0 Å². The largest absolute Gasteiger partial charge is 0.356 e. The lowest BCUT2D eigenvalue weighted by Crippen LogP contribution is -1.99. The Labute approximate surface area is 88.5 Å². The minimum atomic E-state index is 0.427. The molecule has 0 rings (SSSR count). The monoisotopic (exact) mass is 284 g/mol. The first-order valence-electron chi connectivity index (χ1n) is 4.28. The maximum atomic E-state index is 5.18. The quantitative estimate of drug-likeness (QED) is 0.224. The molecule has 0 saturated heterocycles. The summed E-state index contributed by atoms with van der Waals surface area (Å²) < 4.78 is 11.4. The first kappa shape index (κ1) is 12.4. The highest BCUT2D eigenvalue weighted by molar-refractivity contribution is 14.1. The minimum Gasteiger partial charge on any atom is -0.356 e. The third-order valence-electron chi connectivity index (χ3n) is 1.24. The van der Waals surface area contributed by atoms with Crippen molar-refractivity contribution in [1.29, 1.82) is 0 Å². The van der Waals surface area contributed by atoms with Gasteiger partial charge in [-0.25, -0.2) is 0 Å². The molecule has 0 aromatic heterocycles. The zero-order valence-corrected chi connectivity index (χ0v) is 9.75. The van der Waals surface area contributed by atoms with Crippen LogP contribution in [0.15, 0.2) is 12.2 Å². The molecule has 0 heterocycles. The SMILES string of the molecule is CCOCOCC/C=C/CCI. The van der Waals surface area contributed by atoms with E-state index in [-0.39, 0.29) is 0 Å². The predicted molar refractivity (Wildman–Crippen MR) is 59.7 cm³/mol. The van der Waals surface area contributed by atoms with Crippen molar-refractivity contribution in [2.24, 2.45) is 0 Å². The van der Waals surface area contributed by atoms with E-state index in [0.717, 1.165) is 26.1 Å². The van der Waals surface area contributed by atoms with Gasteiger partial charge in [0.25, 0.3) is 0 Å². The van der Waals surface area contributed by atoms with Crippen molar-refractivity contribution in [1.82, 2.24) is 0 Å². The van der Waals surface area contributed by atoms with Crippen LogP contribution in [0.4, 0.5) is 0 Å². The lowest BCUT2D eigenvalue weighted by molar-refractivity contribution is -0.0476. The van der Waals surface area contributed by atoms with E-state index in [9.17, 15) is 0 Å². The Bertz CT molecular complexity index is 105. The smallest absolute Gasteiger partial charge is 0.146 e. The van der Waals surface area contributed by atoms with E-state index in [4.69, 9.17) is 9.47 Å². The summed E-state index contributed by atoms with van der Waals surface area (Å²) in [7, 11) is 0. The van der Waals surface area contributed by atoms with Crippen LogP contribution in [0.25, 0.3) is 0 Å². The summed E-state index contributed by atoms with van der Waals surface area (Å²) in [5.41, 5.74) is 0. The molecule has 0 aliphatic carbocycles. The van der Waals surface area contributed by atoms with Gasteiger partial charge in [0, 0.05) is 11.0 Å². The van der Waals surface area contributed by atoms with Crippen molar-refractivity contribution in [3.63, 3.8) is 0 Å². The van der Waals surface area contributed by atoms with Crippen LogP contribution < -0.4 is 0 Å². The molecule has 0 saturated carbocycles. The van der Waals surface area contributed by atoms with Crippen molar-refractivity contribution in [2.75, 3.05) is 24.4 Å². The second kappa shape index (κ2) is 11.4. The van der Waals surface area contributed by atoms with Crippen LogP contribution in [0.5, 0.6) is 0 Å². The molecule has 0 aromatic rings. The van der Waals surface area contributed by atoms with Crippen LogP contribution in [-0.4, -0.2) is 24.4 Å². The van der Waals surface area contributed by atoms with E-state index < -0.39 is 0 Å². The third kappa shape index (κ3) is 10.4. The van der Waals surface area contributed by atoms with Gasteiger partial charge in [0.05, 0.1) is 6.61 Å². The fraction of sp³-hybridized carbons (Fsp3) is 0.778. The Kier molecular flexibility index (Phi) is 11.8. The molecule has 72 valence electrons. The summed E-state index contributed by atoms with van der Waals surface area (Å²) in [5, 5.41) is 0. The lowest BCUT2D eigenvalue weighted by Gasteiger charge is -2.00. The van der Waals surface area contributed by atoms with Gasteiger partial charge in [0.1, 0.15) is 6.79 Å². The van der Waals surface area contributed by atoms with Gasteiger partial charge in [-0.1, -0.05) is 34.7 Å². The van der Waals surface area contributed by atoms with Gasteiger partial charge in [0.2, 0.25) is 0 Å². The number of alkyl halides is 1. The Morgan fingerprint density at radius 2 is 1.92 bits per heavy atom. The fourth-order valence-electron chi connectivity index (χ4n) is 0.651. The van der Waals surface area contributed by atoms with Gasteiger partial charge in [-0.2, -0.15) is 0 Å². The van der Waals surface area contributed by atoms with Gasteiger partial charge in [0.15, 0.2) is 0 Å². The summed E-state index contributed by atoms with van der Waals surface area (Å²) in [6, 6.07) is 0. The number of rotatable bonds is 8. The number of allylic oxidation sites excluding steroid dienone is 1. The van der Waals surface area contributed by atoms with Crippen molar-refractivity contribution in [3.05, 3.63) is 12.2 Å². The molecule has 0 aromatic carbocycles. The van der Waals surface area contributed by atoms with Crippen LogP contribution in [0.2, 0.25) is 0 Å². The van der Waals surface area contributed by atoms with Crippen molar-refractivity contribution >= 4 is 22.6 Å². The van der Waals surface area contributed by atoms with Gasteiger partial charge >= 0.3 is 0 Å². The number of ether oxygens (including phenoxy) is 2. The van der Waals surface area contributed by atoms with Crippen molar-refractivity contribution in [3.8, 4) is 0 Å². The van der Waals surface area contributed by atoms with E-state index >= 15 is 0 Å². The van der Waals surface area contributed by atoms with Gasteiger partial charge in [-0.3, -0.25) is 0 Å². The molecular weight excluding hydrogens is 267 g/mol. The van der Waals surface area contributed by atoms with E-state index in [1.165, 1.54) is 4.43 Å². The van der Waals surface area contributed by atoms with E-state index in [2.05, 4.69) is 34.7 Å². The number of hydrogen-bond acceptors (Lipinski definition) is 2. The standard InChI is InChI=1S/C9H17IO2/c1-2-11-9-12-8-6-4-3-5-7-10/h3-4H,2,5-9H2,1H3/b4-3+. The highest BCUT2D eigenvalue weighted by Gasteiger charge is 1.83. The molecular formula is C9H17IO2. The number of halogens is 1. The molecule has 0 N–H and O–H groups in total. The van der Waals surface area contributed by atoms with Crippen LogP contribution in [-0.2, 0) is 9.47 Å². The van der Waals surface area contributed by atoms with Crippen molar-refractivity contribution < 1.29 is 9.47 Å². The highest BCUT2D eigenvalue weighted by Crippen LogP contribution is 1.92. The van der Waals surface area contributed by atoms with Crippen LogP contribution in [0.1, 0.15) is 19.8 Å². The zero-order valence-electron chi connectivity index (χ0n) is 7.59. The topological polar surface area (TPSA) is 18.5 Å². The first-order chi connectivity index (χ1) is 5.91. The molecule has 12 heavy (non-hydrogen) atoms. The van der Waals surface area contributed by atoms with E-state index in [1.54, 1.807) is 0 Å². The summed E-state index contributed by atoms with van der Waals surface area (Å²) in [6.07, 6.45) is 6.50. The lowest BCUT2D eigenvalue weighted by atomic mass is 10.3. The van der Waals surface area contributed by atoms with Crippen molar-refractivity contribution in [2.45, 2.75) is 19.8 Å². The molecule has 0 unspecified atom stereocenters. The maximum Gasteiger partial charge on any atom is 0.146 e. The number of hydrogen-bond donors (Lipinski definition) is 0. The van der Waals surface area contributed by atoms with Gasteiger partial charge < -0.3 is 9.47 Å². The van der Waals surface area contributed by atoms with Crippen LogP contribution in [0, 0.1) is 0 Å². The second-order valence-electron chi connectivity index (χ2n) is 2.26. The van der Waals surface area contributed by atoms with E-state index in [1.807, 2.05) is 6.92 Å². The third-order valence-corrected chi connectivity index (χ3v) is 1.86. The molecule has 0 bridgehead atoms. The normalized spacial score (nSPS) is 11.2. The molecule has 0 aliphatic rings. The van der Waals surface area contributed by atoms with Crippen LogP contribution >= 0.6 is 22.6 Å². The molecule has 0 fully saturated rings. The summed E-state index contributed by atoms with van der Waals surface area (Å²) >= 11 is 2.36. The average molecular weight is 284 g/mol. The molecule has 0 atom stereocenters. The molecule has 0 amide bonds. The Hall–Kier alpha value is 0.390. The maximum absolute atomic E-state index is 5.18. The second-order valence-corrected chi connectivity index (χ2v) is 3.34. The summed E-state index contributed by atoms with van der Waals surface area (Å²) in [6.45, 7) is 3.88. The molecule has 2 nitrogen and oxygen atoms in total. The predicted octanol–water partition coefficient (Wildman–Crippen LogP) is 2.77. The van der Waals surface area contributed by atoms with Gasteiger partial charge in [-0.05, 0) is 19.8 Å². The zero-order chi connectivity index (χ0) is 9.07. The Morgan fingerprint density at radius 1 is 1.17 bits per heavy atom. The summed E-state index contributed by atoms with van der Waals surface area (Å²) in [4.78, 5) is 0. The molecule has 0 spiro atoms. The molecule has 3 heteroatoms.